The van der Waals surface area contributed by atoms with E-state index in [1.165, 1.54) is 14.0 Å². The van der Waals surface area contributed by atoms with Gasteiger partial charge in [-0.2, -0.15) is 0 Å². The fourth-order valence-electron chi connectivity index (χ4n) is 1.37. The van der Waals surface area contributed by atoms with Crippen LogP contribution in [0.5, 0.6) is 0 Å². The lowest BCUT2D eigenvalue weighted by atomic mass is 10.1. The SMILES string of the molecule is COCC(Nc1cccc(C(C)=O)c1)C(=O)O. The Morgan fingerprint density at radius 2 is 2.18 bits per heavy atom. The van der Waals surface area contributed by atoms with Gasteiger partial charge in [0.05, 0.1) is 6.61 Å². The maximum absolute atomic E-state index is 11.2. The van der Waals surface area contributed by atoms with Crippen molar-refractivity contribution < 1.29 is 19.4 Å². The van der Waals surface area contributed by atoms with Crippen LogP contribution < -0.4 is 5.32 Å². The second kappa shape index (κ2) is 6.00. The van der Waals surface area contributed by atoms with E-state index in [4.69, 9.17) is 9.84 Å². The zero-order valence-electron chi connectivity index (χ0n) is 9.77. The summed E-state index contributed by atoms with van der Waals surface area (Å²) in [6.45, 7) is 1.52. The van der Waals surface area contributed by atoms with Gasteiger partial charge in [0.25, 0.3) is 0 Å². The zero-order valence-corrected chi connectivity index (χ0v) is 9.77. The fourth-order valence-corrected chi connectivity index (χ4v) is 1.37. The molecular weight excluding hydrogens is 222 g/mol. The molecule has 1 atom stereocenters. The summed E-state index contributed by atoms with van der Waals surface area (Å²) >= 11 is 0. The number of nitrogens with one attached hydrogen (secondary N) is 1. The van der Waals surface area contributed by atoms with Crippen LogP contribution in [0.2, 0.25) is 0 Å². The van der Waals surface area contributed by atoms with Crippen LogP contribution in [-0.4, -0.2) is 36.6 Å². The standard InChI is InChI=1S/C12H15NO4/c1-8(14)9-4-3-5-10(6-9)13-11(7-17-2)12(15)16/h3-6,11,13H,7H2,1-2H3,(H,15,16). The monoisotopic (exact) mass is 237 g/mol. The number of carboxylic acids is 1. The molecule has 5 heteroatoms. The lowest BCUT2D eigenvalue weighted by Gasteiger charge is -2.15. The van der Waals surface area contributed by atoms with Crippen molar-refractivity contribution in [2.75, 3.05) is 19.0 Å². The Morgan fingerprint density at radius 3 is 2.71 bits per heavy atom. The van der Waals surface area contributed by atoms with E-state index in [0.29, 0.717) is 11.3 Å². The van der Waals surface area contributed by atoms with E-state index in [1.807, 2.05) is 0 Å². The summed E-state index contributed by atoms with van der Waals surface area (Å²) in [6.07, 6.45) is 0. The molecule has 1 rings (SSSR count). The number of hydrogen-bond donors (Lipinski definition) is 2. The fraction of sp³-hybridized carbons (Fsp3) is 0.333. The molecule has 5 nitrogen and oxygen atoms in total. The van der Waals surface area contributed by atoms with Gasteiger partial charge < -0.3 is 15.2 Å². The Balaban J connectivity index is 2.82. The number of benzene rings is 1. The number of anilines is 1. The third-order valence-electron chi connectivity index (χ3n) is 2.24. The number of methoxy groups -OCH3 is 1. The number of carboxylic acid groups (broad SMARTS) is 1. The highest BCUT2D eigenvalue weighted by Crippen LogP contribution is 2.12. The molecule has 0 saturated heterocycles. The molecule has 1 unspecified atom stereocenters. The van der Waals surface area contributed by atoms with E-state index in [9.17, 15) is 9.59 Å². The molecule has 0 saturated carbocycles. The molecule has 0 fully saturated rings. The Morgan fingerprint density at radius 1 is 1.47 bits per heavy atom. The van der Waals surface area contributed by atoms with Crippen molar-refractivity contribution in [1.82, 2.24) is 0 Å². The van der Waals surface area contributed by atoms with Crippen molar-refractivity contribution in [3.63, 3.8) is 0 Å². The number of ether oxygens (including phenoxy) is 1. The Hall–Kier alpha value is -1.88. The molecule has 2 N–H and O–H groups in total. The Kier molecular flexibility index (Phi) is 4.66. The van der Waals surface area contributed by atoms with E-state index in [0.717, 1.165) is 0 Å². The maximum Gasteiger partial charge on any atom is 0.328 e. The molecular formula is C12H15NO4. The van der Waals surface area contributed by atoms with Crippen molar-refractivity contribution in [2.45, 2.75) is 13.0 Å². The molecule has 0 aliphatic rings. The van der Waals surface area contributed by atoms with Gasteiger partial charge in [0.1, 0.15) is 6.04 Å². The summed E-state index contributed by atoms with van der Waals surface area (Å²) in [6, 6.07) is 5.87. The summed E-state index contributed by atoms with van der Waals surface area (Å²) in [4.78, 5) is 22.1. The van der Waals surface area contributed by atoms with Gasteiger partial charge in [0.2, 0.25) is 0 Å². The average Bonchev–Trinajstić information content (AvgIpc) is 2.28. The number of aliphatic carboxylic acids is 1. The van der Waals surface area contributed by atoms with E-state index < -0.39 is 12.0 Å². The molecule has 0 aliphatic heterocycles. The van der Waals surface area contributed by atoms with Crippen LogP contribution in [-0.2, 0) is 9.53 Å². The number of carbonyl (C=O) groups is 2. The molecule has 92 valence electrons. The van der Waals surface area contributed by atoms with Gasteiger partial charge in [0.15, 0.2) is 5.78 Å². The van der Waals surface area contributed by atoms with Crippen molar-refractivity contribution in [1.29, 1.82) is 0 Å². The topological polar surface area (TPSA) is 75.6 Å². The predicted molar refractivity (Wildman–Crippen MR) is 63.4 cm³/mol. The first-order chi connectivity index (χ1) is 8.04. The van der Waals surface area contributed by atoms with Gasteiger partial charge in [-0.05, 0) is 19.1 Å². The van der Waals surface area contributed by atoms with Gasteiger partial charge in [-0.1, -0.05) is 12.1 Å². The zero-order chi connectivity index (χ0) is 12.8. The summed E-state index contributed by atoms with van der Waals surface area (Å²) < 4.78 is 4.80. The maximum atomic E-state index is 11.2. The van der Waals surface area contributed by atoms with E-state index in [2.05, 4.69) is 5.32 Å². The third kappa shape index (κ3) is 3.88. The highest BCUT2D eigenvalue weighted by atomic mass is 16.5. The molecule has 0 radical (unpaired) electrons. The summed E-state index contributed by atoms with van der Waals surface area (Å²) in [5.74, 6) is -1.06. The number of hydrogen-bond acceptors (Lipinski definition) is 4. The van der Waals surface area contributed by atoms with Crippen molar-refractivity contribution in [3.8, 4) is 0 Å². The predicted octanol–water partition coefficient (Wildman–Crippen LogP) is 1.40. The lowest BCUT2D eigenvalue weighted by Crippen LogP contribution is -2.33. The number of Topliss-reactive ketones (excluding diaryl/α,β-unsaturated/α-hetero) is 1. The van der Waals surface area contributed by atoms with Crippen molar-refractivity contribution in [3.05, 3.63) is 29.8 Å². The van der Waals surface area contributed by atoms with Gasteiger partial charge >= 0.3 is 5.97 Å². The smallest absolute Gasteiger partial charge is 0.328 e. The van der Waals surface area contributed by atoms with Crippen LogP contribution in [0.4, 0.5) is 5.69 Å². The van der Waals surface area contributed by atoms with E-state index >= 15 is 0 Å². The largest absolute Gasteiger partial charge is 0.480 e. The number of rotatable bonds is 6. The number of carbonyl (C=O) groups excluding carboxylic acids is 1. The summed E-state index contributed by atoms with van der Waals surface area (Å²) in [5, 5.41) is 11.7. The van der Waals surface area contributed by atoms with Gasteiger partial charge in [-0.25, -0.2) is 4.79 Å². The quantitative estimate of drug-likeness (QED) is 0.731. The van der Waals surface area contributed by atoms with Gasteiger partial charge in [0, 0.05) is 18.4 Å². The van der Waals surface area contributed by atoms with Gasteiger partial charge in [-0.15, -0.1) is 0 Å². The molecule has 17 heavy (non-hydrogen) atoms. The van der Waals surface area contributed by atoms with Crippen LogP contribution in [0.25, 0.3) is 0 Å². The Labute approximate surface area is 99.4 Å². The number of ketones is 1. The first-order valence-corrected chi connectivity index (χ1v) is 5.14. The molecule has 0 bridgehead atoms. The second-order valence-electron chi connectivity index (χ2n) is 3.63. The average molecular weight is 237 g/mol. The molecule has 0 aromatic heterocycles. The summed E-state index contributed by atoms with van der Waals surface area (Å²) in [7, 11) is 1.43. The van der Waals surface area contributed by atoms with Crippen LogP contribution in [0.15, 0.2) is 24.3 Å². The highest BCUT2D eigenvalue weighted by Gasteiger charge is 2.16. The van der Waals surface area contributed by atoms with Crippen LogP contribution in [0, 0.1) is 0 Å². The Bertz CT molecular complexity index is 417. The van der Waals surface area contributed by atoms with E-state index in [-0.39, 0.29) is 12.4 Å². The van der Waals surface area contributed by atoms with Crippen LogP contribution in [0.1, 0.15) is 17.3 Å². The minimum absolute atomic E-state index is 0.0552. The van der Waals surface area contributed by atoms with Crippen LogP contribution >= 0.6 is 0 Å². The van der Waals surface area contributed by atoms with Crippen molar-refractivity contribution in [2.24, 2.45) is 0 Å². The van der Waals surface area contributed by atoms with Crippen molar-refractivity contribution >= 4 is 17.4 Å². The first kappa shape index (κ1) is 13.2. The molecule has 0 spiro atoms. The van der Waals surface area contributed by atoms with Gasteiger partial charge in [-0.3, -0.25) is 4.79 Å². The minimum atomic E-state index is -1.000. The molecule has 0 amide bonds. The first-order valence-electron chi connectivity index (χ1n) is 5.14. The van der Waals surface area contributed by atoms with Crippen LogP contribution in [0.3, 0.4) is 0 Å². The molecule has 1 aromatic carbocycles. The minimum Gasteiger partial charge on any atom is -0.480 e. The lowest BCUT2D eigenvalue weighted by molar-refractivity contribution is -0.139. The molecule has 1 aromatic rings. The normalized spacial score (nSPS) is 11.9. The molecule has 0 heterocycles. The third-order valence-corrected chi connectivity index (χ3v) is 2.24. The highest BCUT2D eigenvalue weighted by molar-refractivity contribution is 5.95. The van der Waals surface area contributed by atoms with E-state index in [1.54, 1.807) is 24.3 Å². The second-order valence-corrected chi connectivity index (χ2v) is 3.63. The summed E-state index contributed by atoms with van der Waals surface area (Å²) in [5.41, 5.74) is 1.12. The molecule has 0 aliphatic carbocycles.